The lowest BCUT2D eigenvalue weighted by molar-refractivity contribution is 0.306. The molecule has 0 fully saturated rings. The monoisotopic (exact) mass is 397 g/mol. The molecule has 0 amide bonds. The normalized spacial score (nSPS) is 10.4. The lowest BCUT2D eigenvalue weighted by Gasteiger charge is -2.09. The van der Waals surface area contributed by atoms with E-state index in [0.717, 1.165) is 17.0 Å². The van der Waals surface area contributed by atoms with Gasteiger partial charge in [0.05, 0.1) is 6.20 Å². The zero-order chi connectivity index (χ0) is 20.6. The minimum Gasteiger partial charge on any atom is -0.489 e. The van der Waals surface area contributed by atoms with Crippen molar-refractivity contribution >= 4 is 17.5 Å². The second kappa shape index (κ2) is 9.52. The van der Waals surface area contributed by atoms with Gasteiger partial charge in [-0.15, -0.1) is 5.10 Å². The third kappa shape index (κ3) is 5.54. The molecule has 0 bridgehead atoms. The quantitative estimate of drug-likeness (QED) is 0.430. The van der Waals surface area contributed by atoms with E-state index in [2.05, 4.69) is 50.9 Å². The molecule has 4 rings (SSSR count). The largest absolute Gasteiger partial charge is 0.489 e. The zero-order valence-corrected chi connectivity index (χ0v) is 16.7. The molecule has 0 aliphatic rings. The lowest BCUT2D eigenvalue weighted by Crippen LogP contribution is -2.05. The minimum absolute atomic E-state index is 0.433. The highest BCUT2D eigenvalue weighted by Crippen LogP contribution is 2.19. The van der Waals surface area contributed by atoms with Crippen molar-refractivity contribution < 1.29 is 4.74 Å². The van der Waals surface area contributed by atoms with Crippen LogP contribution in [0.3, 0.4) is 0 Å². The first-order valence-electron chi connectivity index (χ1n) is 9.77. The van der Waals surface area contributed by atoms with Crippen molar-refractivity contribution in [1.82, 2.24) is 15.2 Å². The summed E-state index contributed by atoms with van der Waals surface area (Å²) in [7, 11) is 0. The molecule has 4 aromatic rings. The summed E-state index contributed by atoms with van der Waals surface area (Å²) in [6.07, 6.45) is 1.61. The van der Waals surface area contributed by atoms with Crippen molar-refractivity contribution in [3.8, 4) is 5.75 Å². The Hall–Kier alpha value is -3.93. The van der Waals surface area contributed by atoms with Gasteiger partial charge in [0.25, 0.3) is 0 Å². The standard InChI is InChI=1S/C24H23N5O/c1-18-6-5-9-20(14-18)15-25-23-16-26-29-24(28-23)27-21-10-12-22(13-11-21)30-17-19-7-3-2-4-8-19/h2-14,16H,15,17H2,1H3,(H2,25,27,28,29). The van der Waals surface area contributed by atoms with Crippen LogP contribution < -0.4 is 15.4 Å². The molecule has 0 aliphatic heterocycles. The molecule has 6 heteroatoms. The first-order chi connectivity index (χ1) is 14.7. The number of benzene rings is 3. The van der Waals surface area contributed by atoms with Crippen LogP contribution in [0.5, 0.6) is 5.75 Å². The van der Waals surface area contributed by atoms with Gasteiger partial charge in [-0.3, -0.25) is 0 Å². The number of aromatic nitrogens is 3. The molecular weight excluding hydrogens is 374 g/mol. The topological polar surface area (TPSA) is 72.0 Å². The van der Waals surface area contributed by atoms with Crippen LogP contribution >= 0.6 is 0 Å². The Labute approximate surface area is 176 Å². The number of rotatable bonds is 8. The fourth-order valence-corrected chi connectivity index (χ4v) is 2.96. The summed E-state index contributed by atoms with van der Waals surface area (Å²) in [4.78, 5) is 4.48. The van der Waals surface area contributed by atoms with E-state index in [1.54, 1.807) is 6.20 Å². The average molecular weight is 397 g/mol. The Morgan fingerprint density at radius 3 is 2.47 bits per heavy atom. The summed E-state index contributed by atoms with van der Waals surface area (Å²) >= 11 is 0. The van der Waals surface area contributed by atoms with E-state index in [4.69, 9.17) is 4.74 Å². The number of nitrogens with zero attached hydrogens (tertiary/aromatic N) is 3. The van der Waals surface area contributed by atoms with Crippen LogP contribution in [0.2, 0.25) is 0 Å². The van der Waals surface area contributed by atoms with E-state index in [1.165, 1.54) is 11.1 Å². The summed E-state index contributed by atoms with van der Waals surface area (Å²) in [5.74, 6) is 1.90. The number of nitrogens with one attached hydrogen (secondary N) is 2. The first kappa shape index (κ1) is 19.4. The Kier molecular flexibility index (Phi) is 6.15. The van der Waals surface area contributed by atoms with Gasteiger partial charge in [0.1, 0.15) is 12.4 Å². The van der Waals surface area contributed by atoms with Gasteiger partial charge in [-0.25, -0.2) is 0 Å². The van der Waals surface area contributed by atoms with E-state index >= 15 is 0 Å². The SMILES string of the molecule is Cc1cccc(CNc2cnnc(Nc3ccc(OCc4ccccc4)cc3)n2)c1. The van der Waals surface area contributed by atoms with Gasteiger partial charge >= 0.3 is 0 Å². The number of hydrogen-bond donors (Lipinski definition) is 2. The van der Waals surface area contributed by atoms with E-state index in [9.17, 15) is 0 Å². The second-order valence-electron chi connectivity index (χ2n) is 6.93. The molecule has 0 atom stereocenters. The third-order valence-corrected chi connectivity index (χ3v) is 4.47. The van der Waals surface area contributed by atoms with Crippen molar-refractivity contribution in [2.75, 3.05) is 10.6 Å². The number of hydrogen-bond acceptors (Lipinski definition) is 6. The Balaban J connectivity index is 1.33. The fraction of sp³-hybridized carbons (Fsp3) is 0.125. The summed E-state index contributed by atoms with van der Waals surface area (Å²) < 4.78 is 5.82. The first-order valence-corrected chi connectivity index (χ1v) is 9.77. The third-order valence-electron chi connectivity index (χ3n) is 4.47. The van der Waals surface area contributed by atoms with Gasteiger partial charge < -0.3 is 15.4 Å². The molecule has 0 unspecified atom stereocenters. The van der Waals surface area contributed by atoms with Crippen LogP contribution in [0.25, 0.3) is 0 Å². The molecule has 3 aromatic carbocycles. The van der Waals surface area contributed by atoms with Crippen LogP contribution in [0, 0.1) is 6.92 Å². The molecule has 0 aliphatic carbocycles. The summed E-state index contributed by atoms with van der Waals surface area (Å²) in [6.45, 7) is 3.29. The molecule has 0 saturated heterocycles. The van der Waals surface area contributed by atoms with Gasteiger partial charge in [-0.1, -0.05) is 60.2 Å². The van der Waals surface area contributed by atoms with E-state index in [-0.39, 0.29) is 0 Å². The zero-order valence-electron chi connectivity index (χ0n) is 16.7. The summed E-state index contributed by atoms with van der Waals surface area (Å²) in [6, 6.07) is 26.1. The highest BCUT2D eigenvalue weighted by Gasteiger charge is 2.03. The maximum absolute atomic E-state index is 5.82. The Morgan fingerprint density at radius 1 is 0.867 bits per heavy atom. The lowest BCUT2D eigenvalue weighted by atomic mass is 10.1. The molecule has 1 heterocycles. The van der Waals surface area contributed by atoms with Crippen molar-refractivity contribution in [3.05, 3.63) is 102 Å². The molecule has 150 valence electrons. The second-order valence-corrected chi connectivity index (χ2v) is 6.93. The van der Waals surface area contributed by atoms with Crippen molar-refractivity contribution in [1.29, 1.82) is 0 Å². The predicted octanol–water partition coefficient (Wildman–Crippen LogP) is 5.11. The van der Waals surface area contributed by atoms with Crippen LogP contribution in [-0.2, 0) is 13.2 Å². The number of aryl methyl sites for hydroxylation is 1. The molecule has 0 spiro atoms. The van der Waals surface area contributed by atoms with Gasteiger partial charge in [0, 0.05) is 12.2 Å². The Bertz CT molecular complexity index is 1080. The molecule has 2 N–H and O–H groups in total. The maximum Gasteiger partial charge on any atom is 0.249 e. The highest BCUT2D eigenvalue weighted by molar-refractivity contribution is 5.55. The highest BCUT2D eigenvalue weighted by atomic mass is 16.5. The van der Waals surface area contributed by atoms with Crippen LogP contribution in [0.4, 0.5) is 17.5 Å². The number of anilines is 3. The van der Waals surface area contributed by atoms with Gasteiger partial charge in [-0.05, 0) is 42.3 Å². The molecule has 0 saturated carbocycles. The van der Waals surface area contributed by atoms with Crippen LogP contribution in [0.1, 0.15) is 16.7 Å². The van der Waals surface area contributed by atoms with Gasteiger partial charge in [-0.2, -0.15) is 10.1 Å². The van der Waals surface area contributed by atoms with Gasteiger partial charge in [0.2, 0.25) is 5.95 Å². The molecular formula is C24H23N5O. The van der Waals surface area contributed by atoms with E-state index in [1.807, 2.05) is 60.7 Å². The maximum atomic E-state index is 5.82. The summed E-state index contributed by atoms with van der Waals surface area (Å²) in [5, 5.41) is 14.5. The number of ether oxygens (including phenoxy) is 1. The van der Waals surface area contributed by atoms with Crippen LogP contribution in [-0.4, -0.2) is 15.2 Å². The summed E-state index contributed by atoms with van der Waals surface area (Å²) in [5.41, 5.74) is 4.41. The predicted molar refractivity (Wildman–Crippen MR) is 119 cm³/mol. The fourth-order valence-electron chi connectivity index (χ4n) is 2.96. The Morgan fingerprint density at radius 2 is 1.67 bits per heavy atom. The molecule has 0 radical (unpaired) electrons. The van der Waals surface area contributed by atoms with Gasteiger partial charge in [0.15, 0.2) is 5.82 Å². The van der Waals surface area contributed by atoms with Crippen molar-refractivity contribution in [3.63, 3.8) is 0 Å². The van der Waals surface area contributed by atoms with Crippen molar-refractivity contribution in [2.45, 2.75) is 20.1 Å². The molecule has 6 nitrogen and oxygen atoms in total. The van der Waals surface area contributed by atoms with E-state index in [0.29, 0.717) is 24.9 Å². The van der Waals surface area contributed by atoms with E-state index < -0.39 is 0 Å². The minimum atomic E-state index is 0.433. The average Bonchev–Trinajstić information content (AvgIpc) is 2.78. The smallest absolute Gasteiger partial charge is 0.249 e. The molecule has 1 aromatic heterocycles. The molecule has 30 heavy (non-hydrogen) atoms. The van der Waals surface area contributed by atoms with Crippen LogP contribution in [0.15, 0.2) is 85.1 Å². The van der Waals surface area contributed by atoms with Crippen molar-refractivity contribution in [2.24, 2.45) is 0 Å².